The van der Waals surface area contributed by atoms with Gasteiger partial charge in [0.15, 0.2) is 0 Å². The Morgan fingerprint density at radius 1 is 1.69 bits per heavy atom. The third-order valence-electron chi connectivity index (χ3n) is 1.84. The van der Waals surface area contributed by atoms with E-state index in [0.717, 1.165) is 5.69 Å². The van der Waals surface area contributed by atoms with Crippen molar-refractivity contribution in [3.8, 4) is 6.07 Å². The largest absolute Gasteiger partial charge is 0.312 e. The van der Waals surface area contributed by atoms with E-state index in [1.54, 1.807) is 6.07 Å². The molecular formula is C9H10ClN3. The minimum atomic E-state index is 0.0974. The molecule has 1 N–H and O–H groups in total. The summed E-state index contributed by atoms with van der Waals surface area (Å²) in [6.07, 6.45) is 1.52. The molecule has 1 atom stereocenters. The van der Waals surface area contributed by atoms with E-state index in [4.69, 9.17) is 16.9 Å². The zero-order valence-corrected chi connectivity index (χ0v) is 8.26. The molecule has 3 nitrogen and oxygen atoms in total. The molecule has 0 amide bonds. The van der Waals surface area contributed by atoms with E-state index >= 15 is 0 Å². The van der Waals surface area contributed by atoms with Gasteiger partial charge in [-0.05, 0) is 20.0 Å². The first-order valence-corrected chi connectivity index (χ1v) is 4.29. The summed E-state index contributed by atoms with van der Waals surface area (Å²) in [5.41, 5.74) is 1.25. The first-order valence-electron chi connectivity index (χ1n) is 3.92. The summed E-state index contributed by atoms with van der Waals surface area (Å²) in [7, 11) is 1.83. The molecule has 0 bridgehead atoms. The van der Waals surface area contributed by atoms with Gasteiger partial charge in [0.2, 0.25) is 0 Å². The van der Waals surface area contributed by atoms with Crippen molar-refractivity contribution < 1.29 is 0 Å². The summed E-state index contributed by atoms with van der Waals surface area (Å²) in [6, 6.07) is 3.70. The van der Waals surface area contributed by atoms with Crippen molar-refractivity contribution in [2.75, 3.05) is 7.05 Å². The van der Waals surface area contributed by atoms with E-state index in [-0.39, 0.29) is 6.04 Å². The Kier molecular flexibility index (Phi) is 3.24. The van der Waals surface area contributed by atoms with Crippen molar-refractivity contribution in [1.29, 1.82) is 5.26 Å². The van der Waals surface area contributed by atoms with Crippen molar-refractivity contribution in [3.63, 3.8) is 0 Å². The van der Waals surface area contributed by atoms with Crippen molar-refractivity contribution in [2.24, 2.45) is 0 Å². The molecule has 0 fully saturated rings. The second-order valence-electron chi connectivity index (χ2n) is 2.71. The summed E-state index contributed by atoms with van der Waals surface area (Å²) in [5.74, 6) is 0. The molecule has 0 saturated carbocycles. The molecule has 0 aliphatic heterocycles. The maximum absolute atomic E-state index is 8.58. The number of aromatic nitrogens is 1. The Morgan fingerprint density at radius 2 is 2.38 bits per heavy atom. The Morgan fingerprint density at radius 3 is 2.85 bits per heavy atom. The molecule has 1 rings (SSSR count). The van der Waals surface area contributed by atoms with Gasteiger partial charge < -0.3 is 5.32 Å². The van der Waals surface area contributed by atoms with Crippen LogP contribution < -0.4 is 5.32 Å². The van der Waals surface area contributed by atoms with Crippen molar-refractivity contribution in [2.45, 2.75) is 13.0 Å². The number of rotatable bonds is 2. The third-order valence-corrected chi connectivity index (χ3v) is 2.14. The van der Waals surface area contributed by atoms with E-state index in [1.807, 2.05) is 20.0 Å². The Bertz CT molecular complexity index is 343. The number of nitriles is 1. The fraction of sp³-hybridized carbons (Fsp3) is 0.333. The predicted molar refractivity (Wildman–Crippen MR) is 51.4 cm³/mol. The lowest BCUT2D eigenvalue weighted by molar-refractivity contribution is 0.633. The van der Waals surface area contributed by atoms with Gasteiger partial charge in [-0.25, -0.2) is 0 Å². The number of nitrogens with zero attached hydrogens (tertiary/aromatic N) is 2. The summed E-state index contributed by atoms with van der Waals surface area (Å²) in [4.78, 5) is 4.10. The monoisotopic (exact) mass is 195 g/mol. The van der Waals surface area contributed by atoms with Crippen LogP contribution in [0.25, 0.3) is 0 Å². The number of halogens is 1. The quantitative estimate of drug-likeness (QED) is 0.784. The summed E-state index contributed by atoms with van der Waals surface area (Å²) in [5, 5.41) is 12.1. The number of pyridine rings is 1. The molecule has 0 aliphatic carbocycles. The molecule has 4 heteroatoms. The van der Waals surface area contributed by atoms with Gasteiger partial charge in [0.1, 0.15) is 6.07 Å². The average molecular weight is 196 g/mol. The van der Waals surface area contributed by atoms with Gasteiger partial charge in [-0.1, -0.05) is 11.6 Å². The summed E-state index contributed by atoms with van der Waals surface area (Å²) in [6.45, 7) is 1.96. The van der Waals surface area contributed by atoms with E-state index in [9.17, 15) is 0 Å². The Labute approximate surface area is 82.4 Å². The van der Waals surface area contributed by atoms with Crippen molar-refractivity contribution in [1.82, 2.24) is 10.3 Å². The van der Waals surface area contributed by atoms with E-state index in [2.05, 4.69) is 10.3 Å². The summed E-state index contributed by atoms with van der Waals surface area (Å²) < 4.78 is 0. The Balaban J connectivity index is 3.07. The van der Waals surface area contributed by atoms with Gasteiger partial charge >= 0.3 is 0 Å². The highest BCUT2D eigenvalue weighted by Crippen LogP contribution is 2.20. The SMILES string of the molecule is CNC(C)c1ncc(C#N)cc1Cl. The average Bonchev–Trinajstić information content (AvgIpc) is 2.16. The highest BCUT2D eigenvalue weighted by molar-refractivity contribution is 6.31. The first-order chi connectivity index (χ1) is 6.19. The molecular weight excluding hydrogens is 186 g/mol. The van der Waals surface area contributed by atoms with E-state index in [1.165, 1.54) is 6.20 Å². The third kappa shape index (κ3) is 2.18. The molecule has 1 aromatic rings. The van der Waals surface area contributed by atoms with Gasteiger partial charge in [-0.2, -0.15) is 5.26 Å². The Hall–Kier alpha value is -1.11. The van der Waals surface area contributed by atoms with Crippen LogP contribution in [0.3, 0.4) is 0 Å². The van der Waals surface area contributed by atoms with Gasteiger partial charge in [-0.3, -0.25) is 4.98 Å². The fourth-order valence-electron chi connectivity index (χ4n) is 0.965. The van der Waals surface area contributed by atoms with Crippen LogP contribution in [0.2, 0.25) is 5.02 Å². The second kappa shape index (κ2) is 4.22. The van der Waals surface area contributed by atoms with Crippen LogP contribution in [-0.2, 0) is 0 Å². The van der Waals surface area contributed by atoms with Crippen LogP contribution in [-0.4, -0.2) is 12.0 Å². The highest BCUT2D eigenvalue weighted by Gasteiger charge is 2.09. The van der Waals surface area contributed by atoms with Crippen LogP contribution in [0.15, 0.2) is 12.3 Å². The van der Waals surface area contributed by atoms with Crippen LogP contribution in [0, 0.1) is 11.3 Å². The van der Waals surface area contributed by atoms with Crippen LogP contribution in [0.1, 0.15) is 24.2 Å². The van der Waals surface area contributed by atoms with E-state index in [0.29, 0.717) is 10.6 Å². The van der Waals surface area contributed by atoms with Crippen LogP contribution >= 0.6 is 11.6 Å². The molecule has 1 heterocycles. The van der Waals surface area contributed by atoms with Gasteiger partial charge in [0, 0.05) is 12.2 Å². The molecule has 13 heavy (non-hydrogen) atoms. The molecule has 1 aromatic heterocycles. The van der Waals surface area contributed by atoms with E-state index < -0.39 is 0 Å². The number of hydrogen-bond acceptors (Lipinski definition) is 3. The van der Waals surface area contributed by atoms with Gasteiger partial charge in [0.05, 0.1) is 16.3 Å². The highest BCUT2D eigenvalue weighted by atomic mass is 35.5. The molecule has 68 valence electrons. The lowest BCUT2D eigenvalue weighted by Gasteiger charge is -2.10. The predicted octanol–water partition coefficient (Wildman–Crippen LogP) is 1.89. The standard InChI is InChI=1S/C9H10ClN3/c1-6(12-2)9-8(10)3-7(4-11)5-13-9/h3,5-6,12H,1-2H3. The molecule has 0 spiro atoms. The van der Waals surface area contributed by atoms with Gasteiger partial charge in [0.25, 0.3) is 0 Å². The molecule has 0 saturated heterocycles. The van der Waals surface area contributed by atoms with Gasteiger partial charge in [-0.15, -0.1) is 0 Å². The second-order valence-corrected chi connectivity index (χ2v) is 3.12. The zero-order chi connectivity index (χ0) is 9.84. The maximum atomic E-state index is 8.58. The number of hydrogen-bond donors (Lipinski definition) is 1. The van der Waals surface area contributed by atoms with Crippen molar-refractivity contribution in [3.05, 3.63) is 28.5 Å². The maximum Gasteiger partial charge on any atom is 0.101 e. The lowest BCUT2D eigenvalue weighted by Crippen LogP contribution is -2.14. The minimum absolute atomic E-state index is 0.0974. The lowest BCUT2D eigenvalue weighted by atomic mass is 10.2. The topological polar surface area (TPSA) is 48.7 Å². The molecule has 0 radical (unpaired) electrons. The zero-order valence-electron chi connectivity index (χ0n) is 7.50. The minimum Gasteiger partial charge on any atom is -0.312 e. The number of nitrogens with one attached hydrogen (secondary N) is 1. The normalized spacial score (nSPS) is 12.2. The van der Waals surface area contributed by atoms with Crippen LogP contribution in [0.4, 0.5) is 0 Å². The molecule has 1 unspecified atom stereocenters. The first kappa shape index (κ1) is 9.97. The van der Waals surface area contributed by atoms with Crippen LogP contribution in [0.5, 0.6) is 0 Å². The smallest absolute Gasteiger partial charge is 0.101 e. The summed E-state index contributed by atoms with van der Waals surface area (Å²) >= 11 is 5.93. The van der Waals surface area contributed by atoms with Crippen molar-refractivity contribution >= 4 is 11.6 Å². The fourth-order valence-corrected chi connectivity index (χ4v) is 1.29. The molecule has 0 aromatic carbocycles. The molecule has 0 aliphatic rings.